The molecule has 2 heterocycles. The third-order valence-electron chi connectivity index (χ3n) is 5.22. The predicted molar refractivity (Wildman–Crippen MR) is 86.2 cm³/mol. The van der Waals surface area contributed by atoms with Crippen LogP contribution in [0.3, 0.4) is 0 Å². The van der Waals surface area contributed by atoms with Gasteiger partial charge in [-0.25, -0.2) is 0 Å². The molecule has 0 aromatic heterocycles. The minimum atomic E-state index is 0.208. The number of nitrogens with zero attached hydrogens (tertiary/aromatic N) is 3. The molecule has 2 rings (SSSR count). The van der Waals surface area contributed by atoms with Crippen molar-refractivity contribution in [1.29, 1.82) is 0 Å². The van der Waals surface area contributed by atoms with Gasteiger partial charge in [0.15, 0.2) is 0 Å². The fraction of sp³-hybridized carbons (Fsp3) is 0.938. The van der Waals surface area contributed by atoms with Crippen LogP contribution in [0.25, 0.3) is 0 Å². The molecule has 5 heteroatoms. The van der Waals surface area contributed by atoms with Crippen LogP contribution >= 0.6 is 0 Å². The van der Waals surface area contributed by atoms with Gasteiger partial charge in [-0.05, 0) is 26.2 Å². The second-order valence-corrected chi connectivity index (χ2v) is 6.73. The topological polar surface area (TPSA) is 52.8 Å². The van der Waals surface area contributed by atoms with Gasteiger partial charge in [-0.15, -0.1) is 0 Å². The van der Waals surface area contributed by atoms with Crippen LogP contribution < -0.4 is 5.73 Å². The van der Waals surface area contributed by atoms with Crippen LogP contribution in [0.4, 0.5) is 0 Å². The minimum absolute atomic E-state index is 0.208. The lowest BCUT2D eigenvalue weighted by Gasteiger charge is -2.44. The van der Waals surface area contributed by atoms with Crippen molar-refractivity contribution in [1.82, 2.24) is 14.7 Å². The standard InChI is InChI=1S/C16H32N4O/c1-4-16-12-15(17)11-13(2)20(16)10-7-18-5-8-19(9-6-18)14(3)21/h13,15-16H,4-12,17H2,1-3H3/t13-,15-,16+/m0/s1. The van der Waals surface area contributed by atoms with Crippen molar-refractivity contribution in [2.75, 3.05) is 39.3 Å². The van der Waals surface area contributed by atoms with E-state index in [2.05, 4.69) is 23.6 Å². The first kappa shape index (κ1) is 16.7. The lowest BCUT2D eigenvalue weighted by atomic mass is 9.91. The van der Waals surface area contributed by atoms with Crippen LogP contribution in [0.15, 0.2) is 0 Å². The van der Waals surface area contributed by atoms with E-state index in [4.69, 9.17) is 5.73 Å². The van der Waals surface area contributed by atoms with E-state index in [1.165, 1.54) is 6.42 Å². The van der Waals surface area contributed by atoms with Crippen molar-refractivity contribution >= 4 is 5.91 Å². The molecular weight excluding hydrogens is 264 g/mol. The zero-order chi connectivity index (χ0) is 15.4. The molecule has 1 amide bonds. The molecular formula is C16H32N4O. The fourth-order valence-corrected chi connectivity index (χ4v) is 3.86. The van der Waals surface area contributed by atoms with Gasteiger partial charge in [0.25, 0.3) is 0 Å². The molecule has 2 aliphatic heterocycles. The molecule has 0 radical (unpaired) electrons. The number of piperidine rings is 1. The molecule has 0 saturated carbocycles. The van der Waals surface area contributed by atoms with Crippen LogP contribution in [0, 0.1) is 0 Å². The van der Waals surface area contributed by atoms with E-state index in [1.54, 1.807) is 6.92 Å². The van der Waals surface area contributed by atoms with Gasteiger partial charge in [0.1, 0.15) is 0 Å². The molecule has 2 saturated heterocycles. The lowest BCUT2D eigenvalue weighted by Crippen LogP contribution is -2.55. The van der Waals surface area contributed by atoms with Crippen molar-refractivity contribution < 1.29 is 4.79 Å². The lowest BCUT2D eigenvalue weighted by molar-refractivity contribution is -0.130. The highest BCUT2D eigenvalue weighted by molar-refractivity contribution is 5.73. The van der Waals surface area contributed by atoms with Gasteiger partial charge in [0.2, 0.25) is 5.91 Å². The van der Waals surface area contributed by atoms with Crippen LogP contribution in [-0.4, -0.2) is 78.0 Å². The average Bonchev–Trinajstić information content (AvgIpc) is 2.46. The Bertz CT molecular complexity index is 341. The summed E-state index contributed by atoms with van der Waals surface area (Å²) in [5.41, 5.74) is 6.16. The van der Waals surface area contributed by atoms with Crippen molar-refractivity contribution in [2.45, 2.75) is 58.2 Å². The second kappa shape index (κ2) is 7.56. The molecule has 2 fully saturated rings. The molecule has 122 valence electrons. The zero-order valence-electron chi connectivity index (χ0n) is 13.9. The van der Waals surface area contributed by atoms with Crippen molar-refractivity contribution in [3.63, 3.8) is 0 Å². The summed E-state index contributed by atoms with van der Waals surface area (Å²) >= 11 is 0. The van der Waals surface area contributed by atoms with E-state index >= 15 is 0 Å². The first-order valence-electron chi connectivity index (χ1n) is 8.50. The maximum atomic E-state index is 11.4. The van der Waals surface area contributed by atoms with E-state index in [1.807, 2.05) is 4.90 Å². The molecule has 5 nitrogen and oxygen atoms in total. The molecule has 21 heavy (non-hydrogen) atoms. The first-order chi connectivity index (χ1) is 10.0. The molecule has 2 N–H and O–H groups in total. The van der Waals surface area contributed by atoms with Crippen LogP contribution in [0.1, 0.15) is 40.0 Å². The van der Waals surface area contributed by atoms with E-state index in [0.717, 1.165) is 52.1 Å². The maximum Gasteiger partial charge on any atom is 0.219 e. The highest BCUT2D eigenvalue weighted by Gasteiger charge is 2.31. The zero-order valence-corrected chi connectivity index (χ0v) is 13.9. The first-order valence-corrected chi connectivity index (χ1v) is 8.50. The summed E-state index contributed by atoms with van der Waals surface area (Å²) < 4.78 is 0. The SMILES string of the molecule is CC[C@@H]1C[C@@H](N)C[C@H](C)N1CCN1CCN(C(C)=O)CC1. The van der Waals surface area contributed by atoms with Gasteiger partial charge in [-0.3, -0.25) is 14.6 Å². The molecule has 3 atom stereocenters. The van der Waals surface area contributed by atoms with Crippen LogP contribution in [-0.2, 0) is 4.79 Å². The number of nitrogens with two attached hydrogens (primary N) is 1. The average molecular weight is 296 g/mol. The Kier molecular flexibility index (Phi) is 6.02. The highest BCUT2D eigenvalue weighted by Crippen LogP contribution is 2.24. The van der Waals surface area contributed by atoms with E-state index in [0.29, 0.717) is 18.1 Å². The molecule has 0 bridgehead atoms. The molecule has 0 aliphatic carbocycles. The Morgan fingerprint density at radius 3 is 2.38 bits per heavy atom. The third-order valence-corrected chi connectivity index (χ3v) is 5.22. The number of rotatable bonds is 4. The largest absolute Gasteiger partial charge is 0.340 e. The Morgan fingerprint density at radius 2 is 1.81 bits per heavy atom. The summed E-state index contributed by atoms with van der Waals surface area (Å²) in [6.45, 7) is 12.3. The summed E-state index contributed by atoms with van der Waals surface area (Å²) in [5, 5.41) is 0. The van der Waals surface area contributed by atoms with Gasteiger partial charge in [-0.1, -0.05) is 6.92 Å². The molecule has 0 aromatic rings. The molecule has 0 spiro atoms. The molecule has 2 aliphatic rings. The van der Waals surface area contributed by atoms with Crippen molar-refractivity contribution in [3.05, 3.63) is 0 Å². The van der Waals surface area contributed by atoms with Gasteiger partial charge in [-0.2, -0.15) is 0 Å². The predicted octanol–water partition coefficient (Wildman–Crippen LogP) is 0.741. The summed E-state index contributed by atoms with van der Waals surface area (Å²) in [6.07, 6.45) is 3.45. The van der Waals surface area contributed by atoms with Gasteiger partial charge >= 0.3 is 0 Å². The number of carbonyl (C=O) groups excluding carboxylic acids is 1. The van der Waals surface area contributed by atoms with Crippen molar-refractivity contribution in [2.24, 2.45) is 5.73 Å². The van der Waals surface area contributed by atoms with Gasteiger partial charge in [0, 0.05) is 64.3 Å². The summed E-state index contributed by atoms with van der Waals surface area (Å²) in [5.74, 6) is 0.208. The normalized spacial score (nSPS) is 32.4. The van der Waals surface area contributed by atoms with E-state index < -0.39 is 0 Å². The Hall–Kier alpha value is -0.650. The smallest absolute Gasteiger partial charge is 0.219 e. The second-order valence-electron chi connectivity index (χ2n) is 6.73. The number of hydrogen-bond donors (Lipinski definition) is 1. The molecule has 0 aromatic carbocycles. The maximum absolute atomic E-state index is 11.4. The van der Waals surface area contributed by atoms with Crippen LogP contribution in [0.5, 0.6) is 0 Å². The van der Waals surface area contributed by atoms with E-state index in [9.17, 15) is 4.79 Å². The summed E-state index contributed by atoms with van der Waals surface area (Å²) in [4.78, 5) is 18.5. The van der Waals surface area contributed by atoms with E-state index in [-0.39, 0.29) is 5.91 Å². The number of likely N-dealkylation sites (tertiary alicyclic amines) is 1. The van der Waals surface area contributed by atoms with Crippen molar-refractivity contribution in [3.8, 4) is 0 Å². The highest BCUT2D eigenvalue weighted by atomic mass is 16.2. The number of hydrogen-bond acceptors (Lipinski definition) is 4. The fourth-order valence-electron chi connectivity index (χ4n) is 3.86. The summed E-state index contributed by atoms with van der Waals surface area (Å²) in [6, 6.07) is 1.61. The third kappa shape index (κ3) is 4.41. The summed E-state index contributed by atoms with van der Waals surface area (Å²) in [7, 11) is 0. The minimum Gasteiger partial charge on any atom is -0.340 e. The quantitative estimate of drug-likeness (QED) is 0.831. The Morgan fingerprint density at radius 1 is 1.14 bits per heavy atom. The number of piperazine rings is 1. The van der Waals surface area contributed by atoms with Gasteiger partial charge in [0.05, 0.1) is 0 Å². The molecule has 0 unspecified atom stereocenters. The van der Waals surface area contributed by atoms with Crippen LogP contribution in [0.2, 0.25) is 0 Å². The Balaban J connectivity index is 1.78. The van der Waals surface area contributed by atoms with Gasteiger partial charge < -0.3 is 10.6 Å². The Labute approximate surface area is 129 Å². The number of carbonyl (C=O) groups is 1. The number of amides is 1. The monoisotopic (exact) mass is 296 g/mol.